The van der Waals surface area contributed by atoms with Crippen LogP contribution in [-0.4, -0.2) is 12.9 Å². The third kappa shape index (κ3) is 6.32. The lowest BCUT2D eigenvalue weighted by Crippen LogP contribution is -2.23. The first-order chi connectivity index (χ1) is 9.22. The average molecular weight is 286 g/mol. The van der Waals surface area contributed by atoms with E-state index in [-0.39, 0.29) is 11.2 Å². The summed E-state index contributed by atoms with van der Waals surface area (Å²) in [5, 5.41) is 11.6. The third-order valence-electron chi connectivity index (χ3n) is 2.75. The van der Waals surface area contributed by atoms with E-state index in [1.807, 2.05) is 13.8 Å². The van der Waals surface area contributed by atoms with Crippen LogP contribution in [0.2, 0.25) is 0 Å². The van der Waals surface area contributed by atoms with Crippen molar-refractivity contribution in [3.8, 4) is 11.8 Å². The van der Waals surface area contributed by atoms with E-state index in [0.29, 0.717) is 18.7 Å². The summed E-state index contributed by atoms with van der Waals surface area (Å²) in [6.45, 7) is 4.55. The molecule has 0 aliphatic heterocycles. The maximum atomic E-state index is 12.1. The molecule has 1 aromatic carbocycles. The largest absolute Gasteiger partial charge is 0.573 e. The van der Waals surface area contributed by atoms with Gasteiger partial charge in [-0.15, -0.1) is 13.2 Å². The molecule has 0 saturated heterocycles. The van der Waals surface area contributed by atoms with Crippen LogP contribution in [0, 0.1) is 16.7 Å². The molecule has 0 radical (unpaired) electrons. The second-order valence-corrected chi connectivity index (χ2v) is 5.25. The van der Waals surface area contributed by atoms with Crippen LogP contribution >= 0.6 is 0 Å². The zero-order valence-corrected chi connectivity index (χ0v) is 11.4. The van der Waals surface area contributed by atoms with Gasteiger partial charge in [-0.25, -0.2) is 0 Å². The van der Waals surface area contributed by atoms with E-state index in [1.165, 1.54) is 18.2 Å². The Kier molecular flexibility index (Phi) is 5.26. The standard InChI is InChI=1S/C14H17F3N2O/c1-13(2,7-4-8-18)10-19-11-5-3-6-12(9-11)20-14(15,16)17/h3,5-6,9,19H,4,7,10H2,1-2H3. The van der Waals surface area contributed by atoms with Crippen molar-refractivity contribution in [2.24, 2.45) is 5.41 Å². The maximum absolute atomic E-state index is 12.1. The zero-order chi connectivity index (χ0) is 15.2. The van der Waals surface area contributed by atoms with Crippen LogP contribution in [-0.2, 0) is 0 Å². The number of nitriles is 1. The molecular weight excluding hydrogens is 269 g/mol. The van der Waals surface area contributed by atoms with Crippen LogP contribution < -0.4 is 10.1 Å². The van der Waals surface area contributed by atoms with Gasteiger partial charge in [-0.05, 0) is 24.0 Å². The van der Waals surface area contributed by atoms with Crippen molar-refractivity contribution in [3.05, 3.63) is 24.3 Å². The highest BCUT2D eigenvalue weighted by molar-refractivity contribution is 5.48. The Labute approximate surface area is 116 Å². The van der Waals surface area contributed by atoms with Gasteiger partial charge in [0.2, 0.25) is 0 Å². The Morgan fingerprint density at radius 2 is 2.00 bits per heavy atom. The van der Waals surface area contributed by atoms with E-state index in [0.717, 1.165) is 6.42 Å². The quantitative estimate of drug-likeness (QED) is 0.846. The number of hydrogen-bond acceptors (Lipinski definition) is 3. The fourth-order valence-corrected chi connectivity index (χ4v) is 1.63. The Morgan fingerprint density at radius 1 is 1.30 bits per heavy atom. The van der Waals surface area contributed by atoms with E-state index in [4.69, 9.17) is 5.26 Å². The van der Waals surface area contributed by atoms with Gasteiger partial charge in [0, 0.05) is 24.7 Å². The lowest BCUT2D eigenvalue weighted by atomic mass is 9.88. The third-order valence-corrected chi connectivity index (χ3v) is 2.75. The maximum Gasteiger partial charge on any atom is 0.573 e. The molecule has 0 heterocycles. The molecule has 0 unspecified atom stereocenters. The SMILES string of the molecule is CC(C)(CCC#N)CNc1cccc(OC(F)(F)F)c1. The molecule has 0 spiro atoms. The van der Waals surface area contributed by atoms with Crippen molar-refractivity contribution >= 4 is 5.69 Å². The van der Waals surface area contributed by atoms with Crippen molar-refractivity contribution in [3.63, 3.8) is 0 Å². The highest BCUT2D eigenvalue weighted by Crippen LogP contribution is 2.27. The normalized spacial score (nSPS) is 11.8. The molecule has 20 heavy (non-hydrogen) atoms. The first-order valence-corrected chi connectivity index (χ1v) is 6.18. The Balaban J connectivity index is 2.61. The van der Waals surface area contributed by atoms with Gasteiger partial charge < -0.3 is 10.1 Å². The molecule has 0 atom stereocenters. The fraction of sp³-hybridized carbons (Fsp3) is 0.500. The van der Waals surface area contributed by atoms with Crippen molar-refractivity contribution < 1.29 is 17.9 Å². The molecule has 0 amide bonds. The van der Waals surface area contributed by atoms with Crippen LogP contribution in [0.1, 0.15) is 26.7 Å². The predicted molar refractivity (Wildman–Crippen MR) is 70.2 cm³/mol. The molecule has 0 aromatic heterocycles. The predicted octanol–water partition coefficient (Wildman–Crippen LogP) is 4.33. The minimum atomic E-state index is -4.69. The van der Waals surface area contributed by atoms with Crippen molar-refractivity contribution in [2.75, 3.05) is 11.9 Å². The van der Waals surface area contributed by atoms with Crippen LogP contribution in [0.15, 0.2) is 24.3 Å². The van der Waals surface area contributed by atoms with E-state index in [2.05, 4.69) is 16.1 Å². The number of alkyl halides is 3. The molecule has 1 rings (SSSR count). The molecule has 1 aromatic rings. The monoisotopic (exact) mass is 286 g/mol. The Bertz CT molecular complexity index is 478. The highest BCUT2D eigenvalue weighted by atomic mass is 19.4. The second kappa shape index (κ2) is 6.51. The van der Waals surface area contributed by atoms with E-state index in [9.17, 15) is 13.2 Å². The summed E-state index contributed by atoms with van der Waals surface area (Å²) in [4.78, 5) is 0. The Morgan fingerprint density at radius 3 is 2.60 bits per heavy atom. The molecule has 0 saturated carbocycles. The molecule has 0 bridgehead atoms. The lowest BCUT2D eigenvalue weighted by Gasteiger charge is -2.24. The summed E-state index contributed by atoms with van der Waals surface area (Å²) >= 11 is 0. The summed E-state index contributed by atoms with van der Waals surface area (Å²) < 4.78 is 40.2. The van der Waals surface area contributed by atoms with Gasteiger partial charge >= 0.3 is 6.36 Å². The van der Waals surface area contributed by atoms with Gasteiger partial charge in [-0.1, -0.05) is 19.9 Å². The minimum Gasteiger partial charge on any atom is -0.406 e. The molecule has 0 aliphatic carbocycles. The van der Waals surface area contributed by atoms with E-state index in [1.54, 1.807) is 6.07 Å². The zero-order valence-electron chi connectivity index (χ0n) is 11.4. The molecular formula is C14H17F3N2O. The van der Waals surface area contributed by atoms with Gasteiger partial charge in [0.1, 0.15) is 5.75 Å². The number of nitrogens with one attached hydrogen (secondary N) is 1. The minimum absolute atomic E-state index is 0.114. The molecule has 110 valence electrons. The van der Waals surface area contributed by atoms with Crippen LogP contribution in [0.3, 0.4) is 0 Å². The summed E-state index contributed by atoms with van der Waals surface area (Å²) in [6.07, 6.45) is -3.52. The van der Waals surface area contributed by atoms with Gasteiger partial charge in [-0.2, -0.15) is 5.26 Å². The highest BCUT2D eigenvalue weighted by Gasteiger charge is 2.31. The molecule has 1 N–H and O–H groups in total. The number of anilines is 1. The topological polar surface area (TPSA) is 45.0 Å². The van der Waals surface area contributed by atoms with E-state index >= 15 is 0 Å². The first kappa shape index (κ1) is 16.2. The Hall–Kier alpha value is -1.90. The average Bonchev–Trinajstić information content (AvgIpc) is 2.33. The van der Waals surface area contributed by atoms with Crippen LogP contribution in [0.4, 0.5) is 18.9 Å². The van der Waals surface area contributed by atoms with Gasteiger partial charge in [0.15, 0.2) is 0 Å². The van der Waals surface area contributed by atoms with Gasteiger partial charge in [0.05, 0.1) is 6.07 Å². The molecule has 6 heteroatoms. The van der Waals surface area contributed by atoms with Crippen molar-refractivity contribution in [2.45, 2.75) is 33.1 Å². The van der Waals surface area contributed by atoms with Crippen molar-refractivity contribution in [1.29, 1.82) is 5.26 Å². The molecule has 0 aliphatic rings. The first-order valence-electron chi connectivity index (χ1n) is 6.18. The smallest absolute Gasteiger partial charge is 0.406 e. The molecule has 3 nitrogen and oxygen atoms in total. The number of hydrogen-bond donors (Lipinski definition) is 1. The number of benzene rings is 1. The second-order valence-electron chi connectivity index (χ2n) is 5.25. The summed E-state index contributed by atoms with van der Waals surface area (Å²) in [7, 11) is 0. The summed E-state index contributed by atoms with van der Waals surface area (Å²) in [5.41, 5.74) is 0.438. The number of halogens is 3. The number of ether oxygens (including phenoxy) is 1. The van der Waals surface area contributed by atoms with E-state index < -0.39 is 6.36 Å². The lowest BCUT2D eigenvalue weighted by molar-refractivity contribution is -0.274. The van der Waals surface area contributed by atoms with Gasteiger partial charge in [0.25, 0.3) is 0 Å². The van der Waals surface area contributed by atoms with Crippen LogP contribution in [0.25, 0.3) is 0 Å². The number of rotatable bonds is 6. The van der Waals surface area contributed by atoms with Crippen molar-refractivity contribution in [1.82, 2.24) is 0 Å². The summed E-state index contributed by atoms with van der Waals surface area (Å²) in [5.74, 6) is -0.252. The number of nitrogens with zero attached hydrogens (tertiary/aromatic N) is 1. The van der Waals surface area contributed by atoms with Gasteiger partial charge in [-0.3, -0.25) is 0 Å². The molecule has 0 fully saturated rings. The summed E-state index contributed by atoms with van der Waals surface area (Å²) in [6, 6.07) is 7.80. The van der Waals surface area contributed by atoms with Crippen LogP contribution in [0.5, 0.6) is 5.75 Å². The fourth-order valence-electron chi connectivity index (χ4n) is 1.63.